The number of para-hydroxylation sites is 1. The van der Waals surface area contributed by atoms with Gasteiger partial charge in [-0.25, -0.2) is 4.98 Å². The van der Waals surface area contributed by atoms with Crippen LogP contribution in [0.2, 0.25) is 0 Å². The molecule has 1 aliphatic rings. The molecule has 0 spiro atoms. The third kappa shape index (κ3) is 2.62. The second-order valence-electron chi connectivity index (χ2n) is 5.59. The number of benzene rings is 1. The fourth-order valence-corrected chi connectivity index (χ4v) is 2.94. The Kier molecular flexibility index (Phi) is 3.70. The Morgan fingerprint density at radius 3 is 2.88 bits per heavy atom. The summed E-state index contributed by atoms with van der Waals surface area (Å²) in [5, 5.41) is 0. The van der Waals surface area contributed by atoms with Crippen LogP contribution < -0.4 is 15.4 Å². The fourth-order valence-electron chi connectivity index (χ4n) is 2.94. The lowest BCUT2D eigenvalue weighted by Crippen LogP contribution is -2.26. The molecule has 2 N–H and O–H groups in total. The molecule has 0 bridgehead atoms. The predicted octanol–water partition coefficient (Wildman–Crippen LogP) is 3.33. The Hall–Kier alpha value is -3.15. The smallest absolute Gasteiger partial charge is 0.248 e. The summed E-state index contributed by atoms with van der Waals surface area (Å²) in [6, 6.07) is 11.9. The second kappa shape index (κ2) is 6.16. The summed E-state index contributed by atoms with van der Waals surface area (Å²) in [5.41, 5.74) is 9.18. The van der Waals surface area contributed by atoms with Crippen LogP contribution in [0.25, 0.3) is 0 Å². The Labute approximate surface area is 140 Å². The number of nitrogens with zero attached hydrogens (tertiary/aromatic N) is 4. The summed E-state index contributed by atoms with van der Waals surface area (Å²) in [7, 11) is 0. The van der Waals surface area contributed by atoms with Crippen molar-refractivity contribution < 1.29 is 4.74 Å². The molecule has 120 valence electrons. The van der Waals surface area contributed by atoms with E-state index in [1.807, 2.05) is 12.1 Å². The number of nitrogens with two attached hydrogens (primary N) is 1. The molecule has 0 radical (unpaired) electrons. The van der Waals surface area contributed by atoms with E-state index in [1.54, 1.807) is 18.5 Å². The number of fused-ring (bicyclic) bond motifs is 1. The van der Waals surface area contributed by atoms with Gasteiger partial charge in [-0.15, -0.1) is 0 Å². The van der Waals surface area contributed by atoms with Crippen molar-refractivity contribution in [3.8, 4) is 11.6 Å². The quantitative estimate of drug-likeness (QED) is 0.798. The highest BCUT2D eigenvalue weighted by atomic mass is 16.5. The molecule has 1 aromatic carbocycles. The molecule has 0 saturated carbocycles. The maximum absolute atomic E-state index is 6.31. The number of ether oxygens (including phenoxy) is 1. The second-order valence-corrected chi connectivity index (χ2v) is 5.59. The average Bonchev–Trinajstić information content (AvgIpc) is 2.64. The van der Waals surface area contributed by atoms with Crippen molar-refractivity contribution in [2.75, 3.05) is 17.2 Å². The minimum absolute atomic E-state index is 0.344. The lowest BCUT2D eigenvalue weighted by atomic mass is 10.0. The topological polar surface area (TPSA) is 77.2 Å². The monoisotopic (exact) mass is 319 g/mol. The highest BCUT2D eigenvalue weighted by molar-refractivity contribution is 5.76. The number of hydrogen-bond acceptors (Lipinski definition) is 6. The molecule has 3 aromatic rings. The number of aryl methyl sites for hydroxylation is 1. The zero-order valence-corrected chi connectivity index (χ0v) is 13.1. The number of anilines is 3. The van der Waals surface area contributed by atoms with E-state index in [-0.39, 0.29) is 0 Å². The number of aromatic nitrogens is 3. The standard InChI is InChI=1S/C18H17N5O/c19-16-17(23-10-4-6-13-5-1-2-8-15(13)23)21-12-22-18(16)24-14-7-3-9-20-11-14/h1-3,5,7-9,11-12H,4,6,10,19H2. The summed E-state index contributed by atoms with van der Waals surface area (Å²) < 4.78 is 5.76. The Morgan fingerprint density at radius 2 is 2.00 bits per heavy atom. The highest BCUT2D eigenvalue weighted by Gasteiger charge is 2.22. The van der Waals surface area contributed by atoms with Gasteiger partial charge in [-0.3, -0.25) is 4.98 Å². The van der Waals surface area contributed by atoms with Crippen LogP contribution in [0.1, 0.15) is 12.0 Å². The molecule has 0 saturated heterocycles. The van der Waals surface area contributed by atoms with E-state index in [4.69, 9.17) is 10.5 Å². The van der Waals surface area contributed by atoms with Crippen molar-refractivity contribution in [3.63, 3.8) is 0 Å². The summed E-state index contributed by atoms with van der Waals surface area (Å²) in [6.45, 7) is 0.866. The normalized spacial score (nSPS) is 13.4. The van der Waals surface area contributed by atoms with Gasteiger partial charge in [-0.1, -0.05) is 18.2 Å². The van der Waals surface area contributed by atoms with Crippen LogP contribution >= 0.6 is 0 Å². The molecule has 0 unspecified atom stereocenters. The lowest BCUT2D eigenvalue weighted by Gasteiger charge is -2.31. The third-order valence-corrected chi connectivity index (χ3v) is 4.04. The zero-order chi connectivity index (χ0) is 16.4. The average molecular weight is 319 g/mol. The van der Waals surface area contributed by atoms with E-state index in [2.05, 4.69) is 38.1 Å². The Bertz CT molecular complexity index is 853. The lowest BCUT2D eigenvalue weighted by molar-refractivity contribution is 0.462. The van der Waals surface area contributed by atoms with Gasteiger partial charge >= 0.3 is 0 Å². The molecular formula is C18H17N5O. The van der Waals surface area contributed by atoms with Crippen LogP contribution in [0.5, 0.6) is 11.6 Å². The summed E-state index contributed by atoms with van der Waals surface area (Å²) in [6.07, 6.45) is 6.91. The predicted molar refractivity (Wildman–Crippen MR) is 92.5 cm³/mol. The maximum atomic E-state index is 6.31. The third-order valence-electron chi connectivity index (χ3n) is 4.04. The molecule has 0 aliphatic carbocycles. The molecule has 1 aliphatic heterocycles. The van der Waals surface area contributed by atoms with Crippen LogP contribution in [-0.2, 0) is 6.42 Å². The molecule has 2 aromatic heterocycles. The molecule has 4 rings (SSSR count). The van der Waals surface area contributed by atoms with Crippen molar-refractivity contribution in [1.82, 2.24) is 15.0 Å². The van der Waals surface area contributed by atoms with Crippen LogP contribution in [0.3, 0.4) is 0 Å². The van der Waals surface area contributed by atoms with Gasteiger partial charge in [0, 0.05) is 18.4 Å². The minimum atomic E-state index is 0.344. The molecule has 6 heteroatoms. The van der Waals surface area contributed by atoms with Gasteiger partial charge < -0.3 is 15.4 Å². The number of rotatable bonds is 3. The first-order chi connectivity index (χ1) is 11.8. The van der Waals surface area contributed by atoms with Crippen LogP contribution in [0, 0.1) is 0 Å². The molecule has 0 atom stereocenters. The summed E-state index contributed by atoms with van der Waals surface area (Å²) >= 11 is 0. The molecule has 0 amide bonds. The molecule has 24 heavy (non-hydrogen) atoms. The molecule has 0 fully saturated rings. The van der Waals surface area contributed by atoms with E-state index < -0.39 is 0 Å². The van der Waals surface area contributed by atoms with Gasteiger partial charge in [0.05, 0.1) is 6.20 Å². The maximum Gasteiger partial charge on any atom is 0.248 e. The largest absolute Gasteiger partial charge is 0.435 e. The van der Waals surface area contributed by atoms with Crippen molar-refractivity contribution in [2.24, 2.45) is 0 Å². The zero-order valence-electron chi connectivity index (χ0n) is 13.1. The van der Waals surface area contributed by atoms with Crippen LogP contribution in [0.4, 0.5) is 17.2 Å². The summed E-state index contributed by atoms with van der Waals surface area (Å²) in [4.78, 5) is 14.7. The van der Waals surface area contributed by atoms with Crippen molar-refractivity contribution in [2.45, 2.75) is 12.8 Å². The first kappa shape index (κ1) is 14.4. The van der Waals surface area contributed by atoms with E-state index in [1.165, 1.54) is 11.9 Å². The minimum Gasteiger partial charge on any atom is -0.435 e. The highest BCUT2D eigenvalue weighted by Crippen LogP contribution is 2.38. The van der Waals surface area contributed by atoms with Gasteiger partial charge in [0.15, 0.2) is 5.82 Å². The van der Waals surface area contributed by atoms with E-state index >= 15 is 0 Å². The van der Waals surface area contributed by atoms with Gasteiger partial charge in [-0.05, 0) is 36.6 Å². The summed E-state index contributed by atoms with van der Waals surface area (Å²) in [5.74, 6) is 1.61. The van der Waals surface area contributed by atoms with Crippen LogP contribution in [0.15, 0.2) is 55.1 Å². The fraction of sp³-hybridized carbons (Fsp3) is 0.167. The van der Waals surface area contributed by atoms with Crippen LogP contribution in [-0.4, -0.2) is 21.5 Å². The van der Waals surface area contributed by atoms with Crippen molar-refractivity contribution in [1.29, 1.82) is 0 Å². The van der Waals surface area contributed by atoms with Crippen molar-refractivity contribution in [3.05, 3.63) is 60.7 Å². The van der Waals surface area contributed by atoms with Gasteiger partial charge in [0.2, 0.25) is 5.88 Å². The molecule has 6 nitrogen and oxygen atoms in total. The number of pyridine rings is 1. The van der Waals surface area contributed by atoms with E-state index in [0.29, 0.717) is 23.1 Å². The SMILES string of the molecule is Nc1c(Oc2cccnc2)ncnc1N1CCCc2ccccc21. The Balaban J connectivity index is 1.71. The molecular weight excluding hydrogens is 302 g/mol. The van der Waals surface area contributed by atoms with E-state index in [0.717, 1.165) is 25.1 Å². The first-order valence-corrected chi connectivity index (χ1v) is 7.87. The van der Waals surface area contributed by atoms with Gasteiger partial charge in [-0.2, -0.15) is 4.98 Å². The van der Waals surface area contributed by atoms with E-state index in [9.17, 15) is 0 Å². The first-order valence-electron chi connectivity index (χ1n) is 7.87. The Morgan fingerprint density at radius 1 is 1.08 bits per heavy atom. The molecule has 3 heterocycles. The van der Waals surface area contributed by atoms with Gasteiger partial charge in [0.1, 0.15) is 17.8 Å². The van der Waals surface area contributed by atoms with Gasteiger partial charge in [0.25, 0.3) is 0 Å². The van der Waals surface area contributed by atoms with Crippen molar-refractivity contribution >= 4 is 17.2 Å². The number of hydrogen-bond donors (Lipinski definition) is 1. The number of nitrogen functional groups attached to an aromatic ring is 1.